The van der Waals surface area contributed by atoms with Gasteiger partial charge in [0.15, 0.2) is 0 Å². The second kappa shape index (κ2) is 18.7. The van der Waals surface area contributed by atoms with E-state index in [0.717, 1.165) is 78.5 Å². The van der Waals surface area contributed by atoms with Crippen LogP contribution in [0.5, 0.6) is 11.5 Å². The zero-order valence-corrected chi connectivity index (χ0v) is 37.6. The third-order valence-corrected chi connectivity index (χ3v) is 14.2. The summed E-state index contributed by atoms with van der Waals surface area (Å²) in [6.45, 7) is 7.08. The van der Waals surface area contributed by atoms with Crippen LogP contribution < -0.4 is 19.7 Å². The first kappa shape index (κ1) is 45.9. The van der Waals surface area contributed by atoms with E-state index >= 15 is 0 Å². The largest absolute Gasteiger partial charge is 0.456 e. The van der Waals surface area contributed by atoms with Gasteiger partial charge in [0.25, 0.3) is 22.1 Å². The highest BCUT2D eigenvalue weighted by Crippen LogP contribution is 2.44. The molecule has 1 amide bonds. The summed E-state index contributed by atoms with van der Waals surface area (Å²) in [5.41, 5.74) is 6.35. The zero-order valence-electron chi connectivity index (χ0n) is 36.0. The van der Waals surface area contributed by atoms with Gasteiger partial charge in [-0.2, -0.15) is 13.2 Å². The van der Waals surface area contributed by atoms with E-state index in [1.165, 1.54) is 41.0 Å². The van der Waals surface area contributed by atoms with Crippen LogP contribution in [0.15, 0.2) is 108 Å². The molecule has 5 aromatic rings. The molecule has 18 heteroatoms. The van der Waals surface area contributed by atoms with Gasteiger partial charge in [0.1, 0.15) is 18.0 Å². The minimum absolute atomic E-state index is 0.000819. The maximum atomic E-state index is 13.9. The Balaban J connectivity index is 0.964. The summed E-state index contributed by atoms with van der Waals surface area (Å²) < 4.78 is 75.0. The highest BCUT2D eigenvalue weighted by molar-refractivity contribution is 7.90. The fourth-order valence-electron chi connectivity index (χ4n) is 9.10. The fourth-order valence-corrected chi connectivity index (χ4v) is 10.2. The van der Waals surface area contributed by atoms with E-state index in [9.17, 15) is 36.5 Å². The molecule has 0 radical (unpaired) electrons. The number of nitrogens with one attached hydrogen (secondary N) is 3. The van der Waals surface area contributed by atoms with Gasteiger partial charge in [-0.1, -0.05) is 49.2 Å². The lowest BCUT2D eigenvalue weighted by molar-refractivity contribution is -0.556. The van der Waals surface area contributed by atoms with E-state index in [2.05, 4.69) is 50.8 Å². The molecular formula is C47H51ClF3N7O6S. The normalized spacial score (nSPS) is 19.9. The highest BCUT2D eigenvalue weighted by Gasteiger charge is 2.42. The van der Waals surface area contributed by atoms with Crippen molar-refractivity contribution in [3.8, 4) is 11.5 Å². The number of piperidine rings is 1. The second-order valence-electron chi connectivity index (χ2n) is 17.8. The molecule has 0 saturated carbocycles. The summed E-state index contributed by atoms with van der Waals surface area (Å²) in [6.07, 6.45) is -1.13. The van der Waals surface area contributed by atoms with Gasteiger partial charge < -0.3 is 19.9 Å². The van der Waals surface area contributed by atoms with Crippen LogP contribution >= 0.6 is 11.6 Å². The molecule has 344 valence electrons. The molecule has 4 aromatic carbocycles. The summed E-state index contributed by atoms with van der Waals surface area (Å²) in [6, 6.07) is 25.5. The number of alkyl halides is 3. The molecule has 2 saturated heterocycles. The van der Waals surface area contributed by atoms with E-state index in [4.69, 9.17) is 16.3 Å². The van der Waals surface area contributed by atoms with Gasteiger partial charge in [-0.3, -0.25) is 19.8 Å². The van der Waals surface area contributed by atoms with Crippen molar-refractivity contribution in [2.45, 2.75) is 69.2 Å². The average Bonchev–Trinajstić information content (AvgIpc) is 3.75. The number of ether oxygens (including phenoxy) is 1. The number of aromatic nitrogens is 1. The number of nitrogens with zero attached hydrogens (tertiary/aromatic N) is 4. The number of aromatic amines is 1. The molecule has 2 fully saturated rings. The van der Waals surface area contributed by atoms with Gasteiger partial charge in [-0.25, -0.2) is 18.0 Å². The summed E-state index contributed by atoms with van der Waals surface area (Å²) in [5.74, 6) is -0.263. The number of hydrogen-bond donors (Lipinski definition) is 3. The summed E-state index contributed by atoms with van der Waals surface area (Å²) in [5, 5.41) is 16.2. The Morgan fingerprint density at radius 2 is 1.71 bits per heavy atom. The lowest BCUT2D eigenvalue weighted by atomic mass is 9.72. The molecular weight excluding hydrogens is 883 g/mol. The number of likely N-dealkylation sites (tertiary alicyclic amines) is 1. The number of hydrogen-bond acceptors (Lipinski definition) is 10. The molecule has 13 nitrogen and oxygen atoms in total. The third-order valence-electron chi connectivity index (χ3n) is 12.6. The Bertz CT molecular complexity index is 2680. The molecule has 3 aliphatic rings. The zero-order chi connectivity index (χ0) is 46.1. The highest BCUT2D eigenvalue weighted by atomic mass is 35.5. The van der Waals surface area contributed by atoms with Gasteiger partial charge in [0.05, 0.1) is 16.9 Å². The van der Waals surface area contributed by atoms with Crippen LogP contribution in [0.2, 0.25) is 5.02 Å². The Morgan fingerprint density at radius 1 is 0.969 bits per heavy atom. The number of H-pyrrole nitrogens is 1. The number of anilines is 2. The van der Waals surface area contributed by atoms with Crippen LogP contribution in [-0.2, 0) is 10.0 Å². The van der Waals surface area contributed by atoms with Crippen molar-refractivity contribution in [1.82, 2.24) is 19.5 Å². The summed E-state index contributed by atoms with van der Waals surface area (Å²) in [7, 11) is -4.41. The van der Waals surface area contributed by atoms with Gasteiger partial charge >= 0.3 is 6.18 Å². The van der Waals surface area contributed by atoms with Crippen LogP contribution in [-0.4, -0.2) is 98.2 Å². The summed E-state index contributed by atoms with van der Waals surface area (Å²) in [4.78, 5) is 33.3. The van der Waals surface area contributed by atoms with Crippen molar-refractivity contribution in [3.05, 3.63) is 129 Å². The van der Waals surface area contributed by atoms with Crippen molar-refractivity contribution in [2.75, 3.05) is 56.0 Å². The monoisotopic (exact) mass is 933 g/mol. The number of piperazine rings is 1. The number of nitro groups is 1. The minimum Gasteiger partial charge on any atom is -0.456 e. The SMILES string of the molecule is CC1(C)CCC(CN2CCN(c3ccc(C(=O)NS(=O)(=O)c4ccc(NC5CCN(CC(F)(F)F)C([N+](=O)[O-])C5)cc4)c(Oc4cccc5[nH]ccc45)c3)CC2)=C(c2ccc(Cl)cc2)C1. The van der Waals surface area contributed by atoms with Gasteiger partial charge in [0, 0.05) is 89.8 Å². The molecule has 65 heavy (non-hydrogen) atoms. The number of carbonyl (C=O) groups excluding carboxylic acids is 1. The predicted molar refractivity (Wildman–Crippen MR) is 246 cm³/mol. The Kier molecular flexibility index (Phi) is 13.2. The number of carbonyl (C=O) groups is 1. The first-order chi connectivity index (χ1) is 30.9. The molecule has 3 N–H and O–H groups in total. The lowest BCUT2D eigenvalue weighted by Gasteiger charge is -2.39. The molecule has 1 aromatic heterocycles. The van der Waals surface area contributed by atoms with Crippen molar-refractivity contribution in [3.63, 3.8) is 0 Å². The number of fused-ring (bicyclic) bond motifs is 1. The van der Waals surface area contributed by atoms with Crippen molar-refractivity contribution < 1.29 is 36.0 Å². The Labute approximate surface area is 380 Å². The van der Waals surface area contributed by atoms with Crippen LogP contribution in [0, 0.1) is 15.5 Å². The second-order valence-corrected chi connectivity index (χ2v) is 20.0. The molecule has 2 atom stereocenters. The molecule has 8 rings (SSSR count). The quantitative estimate of drug-likeness (QED) is 0.0769. The van der Waals surface area contributed by atoms with E-state index in [1.807, 2.05) is 30.3 Å². The lowest BCUT2D eigenvalue weighted by Crippen LogP contribution is -2.52. The molecule has 3 heterocycles. The standard InChI is InChI=1S/C47H51ClF3N7O6S/c1-46(2)19-16-32(40(28-46)31-6-8-33(48)9-7-31)29-55-22-24-56(25-23-55)36-12-15-39(43(27-36)64-42-5-3-4-41-38(42)17-20-52-41)45(59)54-65(62,63)37-13-10-34(11-14-37)53-35-18-21-57(30-47(49,50)51)44(26-35)58(60)61/h3-15,17,20,27,35,44,52-53H,16,18-19,21-26,28-30H2,1-2H3,(H,54,59). The van der Waals surface area contributed by atoms with Crippen LogP contribution in [0.1, 0.15) is 61.9 Å². The smallest absolute Gasteiger partial charge is 0.401 e. The maximum Gasteiger partial charge on any atom is 0.401 e. The van der Waals surface area contributed by atoms with Crippen molar-refractivity contribution in [2.24, 2.45) is 5.41 Å². The number of sulfonamides is 1. The fraction of sp³-hybridized carbons (Fsp3) is 0.383. The summed E-state index contributed by atoms with van der Waals surface area (Å²) >= 11 is 6.24. The minimum atomic E-state index is -4.58. The van der Waals surface area contributed by atoms with Crippen molar-refractivity contribution >= 4 is 55.4 Å². The van der Waals surface area contributed by atoms with E-state index in [-0.39, 0.29) is 41.0 Å². The molecule has 1 aliphatic carbocycles. The number of rotatable bonds is 13. The van der Waals surface area contributed by atoms with Crippen LogP contribution in [0.4, 0.5) is 24.5 Å². The Morgan fingerprint density at radius 3 is 2.42 bits per heavy atom. The van der Waals surface area contributed by atoms with E-state index < -0.39 is 45.8 Å². The average molecular weight is 934 g/mol. The first-order valence-corrected chi connectivity index (χ1v) is 23.5. The topological polar surface area (TPSA) is 153 Å². The first-order valence-electron chi connectivity index (χ1n) is 21.6. The number of amides is 1. The number of allylic oxidation sites excluding steroid dienone is 1. The molecule has 0 bridgehead atoms. The molecule has 0 spiro atoms. The predicted octanol–water partition coefficient (Wildman–Crippen LogP) is 9.56. The van der Waals surface area contributed by atoms with Gasteiger partial charge in [-0.05, 0) is 109 Å². The van der Waals surface area contributed by atoms with Crippen LogP contribution in [0.25, 0.3) is 16.5 Å². The third kappa shape index (κ3) is 11.1. The number of halogens is 4. The Hall–Kier alpha value is -5.62. The van der Waals surface area contributed by atoms with Crippen molar-refractivity contribution in [1.29, 1.82) is 0 Å². The maximum absolute atomic E-state index is 13.9. The van der Waals surface area contributed by atoms with Gasteiger partial charge in [-0.15, -0.1) is 0 Å². The van der Waals surface area contributed by atoms with E-state index in [0.29, 0.717) is 11.4 Å². The van der Waals surface area contributed by atoms with E-state index in [1.54, 1.807) is 30.5 Å². The van der Waals surface area contributed by atoms with Gasteiger partial charge in [0.2, 0.25) is 0 Å². The molecule has 2 aliphatic heterocycles. The molecule has 2 unspecified atom stereocenters. The van der Waals surface area contributed by atoms with Crippen LogP contribution in [0.3, 0.4) is 0 Å². The number of benzene rings is 4.